The molecule has 0 atom stereocenters. The summed E-state index contributed by atoms with van der Waals surface area (Å²) in [5.74, 6) is 1.48. The molecule has 0 saturated heterocycles. The molecule has 4 heteroatoms. The zero-order chi connectivity index (χ0) is 12.5. The van der Waals surface area contributed by atoms with E-state index in [0.717, 1.165) is 22.2 Å². The topological polar surface area (TPSA) is 67.8 Å². The Labute approximate surface area is 105 Å². The maximum absolute atomic E-state index is 5.71. The molecule has 3 aromatic rings. The molecule has 3 rings (SSSR count). The van der Waals surface area contributed by atoms with Gasteiger partial charge in [-0.25, -0.2) is 4.98 Å². The van der Waals surface area contributed by atoms with Gasteiger partial charge in [-0.15, -0.1) is 0 Å². The maximum Gasteiger partial charge on any atom is 0.196 e. The van der Waals surface area contributed by atoms with Crippen molar-refractivity contribution in [1.82, 2.24) is 9.97 Å². The van der Waals surface area contributed by atoms with E-state index in [-0.39, 0.29) is 0 Å². The van der Waals surface area contributed by atoms with Crippen LogP contribution in [0.25, 0.3) is 22.2 Å². The van der Waals surface area contributed by atoms with Gasteiger partial charge in [-0.2, -0.15) is 0 Å². The second kappa shape index (κ2) is 4.31. The molecular formula is C14H15N3O. The first-order valence-electron chi connectivity index (χ1n) is 6.01. The summed E-state index contributed by atoms with van der Waals surface area (Å²) in [5, 5.41) is 1.16. The Morgan fingerprint density at radius 3 is 3.11 bits per heavy atom. The Morgan fingerprint density at radius 2 is 2.28 bits per heavy atom. The molecule has 0 aliphatic carbocycles. The van der Waals surface area contributed by atoms with Crippen LogP contribution in [0.4, 0.5) is 0 Å². The summed E-state index contributed by atoms with van der Waals surface area (Å²) >= 11 is 0. The van der Waals surface area contributed by atoms with Crippen molar-refractivity contribution in [2.45, 2.75) is 13.3 Å². The minimum Gasteiger partial charge on any atom is -0.441 e. The van der Waals surface area contributed by atoms with Crippen LogP contribution in [-0.4, -0.2) is 16.5 Å². The molecule has 92 valence electrons. The lowest BCUT2D eigenvalue weighted by Gasteiger charge is -1.96. The van der Waals surface area contributed by atoms with Gasteiger partial charge in [0.05, 0.1) is 6.20 Å². The zero-order valence-electron chi connectivity index (χ0n) is 10.2. The van der Waals surface area contributed by atoms with Gasteiger partial charge < -0.3 is 15.1 Å². The van der Waals surface area contributed by atoms with Gasteiger partial charge in [0.25, 0.3) is 0 Å². The molecule has 0 fully saturated rings. The standard InChI is InChI=1S/C14H15N3O/c1-9-3-2-4-10-11(7-17-14(9)10)12-8-16-13(18-12)5-6-15/h2-4,7-8,17H,5-6,15H2,1H3. The van der Waals surface area contributed by atoms with Crippen LogP contribution in [-0.2, 0) is 6.42 Å². The molecule has 0 aliphatic heterocycles. The second-order valence-corrected chi connectivity index (χ2v) is 4.36. The molecule has 0 spiro atoms. The van der Waals surface area contributed by atoms with E-state index < -0.39 is 0 Å². The molecule has 18 heavy (non-hydrogen) atoms. The van der Waals surface area contributed by atoms with Crippen molar-refractivity contribution >= 4 is 10.9 Å². The third-order valence-electron chi connectivity index (χ3n) is 3.10. The number of nitrogens with zero attached hydrogens (tertiary/aromatic N) is 1. The highest BCUT2D eigenvalue weighted by molar-refractivity contribution is 5.95. The first-order valence-corrected chi connectivity index (χ1v) is 6.01. The first-order chi connectivity index (χ1) is 8.79. The lowest BCUT2D eigenvalue weighted by molar-refractivity contribution is 0.508. The van der Waals surface area contributed by atoms with E-state index in [0.29, 0.717) is 18.9 Å². The van der Waals surface area contributed by atoms with Crippen molar-refractivity contribution in [3.8, 4) is 11.3 Å². The van der Waals surface area contributed by atoms with Crippen molar-refractivity contribution in [3.05, 3.63) is 42.0 Å². The van der Waals surface area contributed by atoms with E-state index in [9.17, 15) is 0 Å². The summed E-state index contributed by atoms with van der Waals surface area (Å²) in [7, 11) is 0. The fraction of sp³-hybridized carbons (Fsp3) is 0.214. The van der Waals surface area contributed by atoms with E-state index in [1.54, 1.807) is 6.20 Å². The Morgan fingerprint density at radius 1 is 1.39 bits per heavy atom. The Hall–Kier alpha value is -2.07. The lowest BCUT2D eigenvalue weighted by atomic mass is 10.1. The Balaban J connectivity index is 2.10. The van der Waals surface area contributed by atoms with Gasteiger partial charge in [-0.1, -0.05) is 18.2 Å². The molecule has 4 nitrogen and oxygen atoms in total. The molecule has 0 amide bonds. The van der Waals surface area contributed by atoms with Gasteiger partial charge in [0.1, 0.15) is 0 Å². The van der Waals surface area contributed by atoms with Crippen LogP contribution in [0.3, 0.4) is 0 Å². The Kier molecular flexibility index (Phi) is 2.64. The number of hydrogen-bond acceptors (Lipinski definition) is 3. The monoisotopic (exact) mass is 241 g/mol. The van der Waals surface area contributed by atoms with E-state index in [2.05, 4.69) is 29.0 Å². The van der Waals surface area contributed by atoms with E-state index in [1.807, 2.05) is 12.3 Å². The minimum atomic E-state index is 0.549. The van der Waals surface area contributed by atoms with Crippen LogP contribution in [0.5, 0.6) is 0 Å². The third kappa shape index (κ3) is 1.71. The fourth-order valence-electron chi connectivity index (χ4n) is 2.18. The smallest absolute Gasteiger partial charge is 0.196 e. The lowest BCUT2D eigenvalue weighted by Crippen LogP contribution is -2.02. The summed E-state index contributed by atoms with van der Waals surface area (Å²) in [5.41, 5.74) is 8.90. The molecule has 1 aromatic carbocycles. The molecule has 2 aromatic heterocycles. The number of rotatable bonds is 3. The van der Waals surface area contributed by atoms with Crippen LogP contribution in [0.15, 0.2) is 35.0 Å². The van der Waals surface area contributed by atoms with Crippen LogP contribution in [0.2, 0.25) is 0 Å². The molecular weight excluding hydrogens is 226 g/mol. The molecule has 0 unspecified atom stereocenters. The van der Waals surface area contributed by atoms with Gasteiger partial charge in [0, 0.05) is 35.6 Å². The van der Waals surface area contributed by atoms with Crippen LogP contribution < -0.4 is 5.73 Å². The van der Waals surface area contributed by atoms with Crippen molar-refractivity contribution in [3.63, 3.8) is 0 Å². The van der Waals surface area contributed by atoms with Gasteiger partial charge in [0.2, 0.25) is 0 Å². The van der Waals surface area contributed by atoms with Crippen LogP contribution >= 0.6 is 0 Å². The first kappa shape index (κ1) is 11.0. The largest absolute Gasteiger partial charge is 0.441 e. The van der Waals surface area contributed by atoms with Crippen molar-refractivity contribution < 1.29 is 4.42 Å². The third-order valence-corrected chi connectivity index (χ3v) is 3.10. The molecule has 3 N–H and O–H groups in total. The van der Waals surface area contributed by atoms with Crippen molar-refractivity contribution in [2.24, 2.45) is 5.73 Å². The van der Waals surface area contributed by atoms with E-state index in [1.165, 1.54) is 5.56 Å². The van der Waals surface area contributed by atoms with Gasteiger partial charge in [-0.3, -0.25) is 0 Å². The quantitative estimate of drug-likeness (QED) is 0.740. The normalized spacial score (nSPS) is 11.2. The number of H-pyrrole nitrogens is 1. The number of aryl methyl sites for hydroxylation is 1. The van der Waals surface area contributed by atoms with Gasteiger partial charge in [-0.05, 0) is 12.5 Å². The number of aromatic nitrogens is 2. The number of benzene rings is 1. The van der Waals surface area contributed by atoms with E-state index in [4.69, 9.17) is 10.2 Å². The molecule has 0 aliphatic rings. The average molecular weight is 241 g/mol. The number of aromatic amines is 1. The summed E-state index contributed by atoms with van der Waals surface area (Å²) < 4.78 is 5.71. The molecule has 0 saturated carbocycles. The van der Waals surface area contributed by atoms with E-state index >= 15 is 0 Å². The number of oxazole rings is 1. The second-order valence-electron chi connectivity index (χ2n) is 4.36. The highest BCUT2D eigenvalue weighted by Gasteiger charge is 2.11. The summed E-state index contributed by atoms with van der Waals surface area (Å²) in [4.78, 5) is 7.51. The average Bonchev–Trinajstić information content (AvgIpc) is 2.96. The van der Waals surface area contributed by atoms with Gasteiger partial charge >= 0.3 is 0 Å². The number of hydrogen-bond donors (Lipinski definition) is 2. The highest BCUT2D eigenvalue weighted by Crippen LogP contribution is 2.30. The predicted molar refractivity (Wildman–Crippen MR) is 71.3 cm³/mol. The predicted octanol–water partition coefficient (Wildman–Crippen LogP) is 2.63. The SMILES string of the molecule is Cc1cccc2c(-c3cnc(CCN)o3)c[nH]c12. The number of nitrogens with two attached hydrogens (primary N) is 1. The summed E-state index contributed by atoms with van der Waals surface area (Å²) in [6, 6.07) is 6.22. The summed E-state index contributed by atoms with van der Waals surface area (Å²) in [6.07, 6.45) is 4.39. The maximum atomic E-state index is 5.71. The van der Waals surface area contributed by atoms with Crippen LogP contribution in [0, 0.1) is 6.92 Å². The number of nitrogens with one attached hydrogen (secondary N) is 1. The van der Waals surface area contributed by atoms with Crippen molar-refractivity contribution in [1.29, 1.82) is 0 Å². The van der Waals surface area contributed by atoms with Crippen molar-refractivity contribution in [2.75, 3.05) is 6.54 Å². The highest BCUT2D eigenvalue weighted by atomic mass is 16.4. The minimum absolute atomic E-state index is 0.549. The fourth-order valence-corrected chi connectivity index (χ4v) is 2.18. The molecule has 2 heterocycles. The molecule has 0 radical (unpaired) electrons. The zero-order valence-corrected chi connectivity index (χ0v) is 10.2. The number of para-hydroxylation sites is 1. The van der Waals surface area contributed by atoms with Gasteiger partial charge in [0.15, 0.2) is 11.7 Å². The summed E-state index contributed by atoms with van der Waals surface area (Å²) in [6.45, 7) is 2.63. The molecule has 0 bridgehead atoms. The Bertz CT molecular complexity index is 681. The van der Waals surface area contributed by atoms with Crippen LogP contribution in [0.1, 0.15) is 11.5 Å². The number of fused-ring (bicyclic) bond motifs is 1.